The number of anilines is 2. The minimum Gasteiger partial charge on any atom is -0.368 e. The molecule has 0 atom stereocenters. The average Bonchev–Trinajstić information content (AvgIpc) is 2.58. The Morgan fingerprint density at radius 3 is 2.73 bits per heavy atom. The molecule has 0 unspecified atom stereocenters. The third-order valence-corrected chi connectivity index (χ3v) is 3.39. The number of nitrogens with zero attached hydrogens (tertiary/aromatic N) is 3. The highest BCUT2D eigenvalue weighted by Crippen LogP contribution is 2.30. The lowest BCUT2D eigenvalue weighted by Crippen LogP contribution is -2.12. The fourth-order valence-electron chi connectivity index (χ4n) is 1.49. The molecule has 2 N–H and O–H groups in total. The second-order valence-corrected chi connectivity index (χ2v) is 4.70. The first-order valence-corrected chi connectivity index (χ1v) is 5.66. The van der Waals surface area contributed by atoms with Crippen molar-refractivity contribution < 1.29 is 0 Å². The lowest BCUT2D eigenvalue weighted by molar-refractivity contribution is 1.07. The number of aromatic nitrogens is 2. The molecule has 2 heterocycles. The zero-order valence-electron chi connectivity index (χ0n) is 9.11. The van der Waals surface area contributed by atoms with Crippen LogP contribution >= 0.6 is 11.3 Å². The van der Waals surface area contributed by atoms with Gasteiger partial charge in [-0.3, -0.25) is 0 Å². The second kappa shape index (κ2) is 3.66. The van der Waals surface area contributed by atoms with Crippen LogP contribution in [0.3, 0.4) is 0 Å². The molecule has 0 saturated heterocycles. The molecule has 80 valence electrons. The second-order valence-electron chi connectivity index (χ2n) is 3.58. The van der Waals surface area contributed by atoms with Gasteiger partial charge in [-0.25, -0.2) is 4.98 Å². The number of hydrogen-bond donors (Lipinski definition) is 1. The summed E-state index contributed by atoms with van der Waals surface area (Å²) in [7, 11) is 3.93. The highest BCUT2D eigenvalue weighted by molar-refractivity contribution is 7.18. The molecule has 0 spiro atoms. The Morgan fingerprint density at radius 2 is 2.13 bits per heavy atom. The van der Waals surface area contributed by atoms with E-state index >= 15 is 0 Å². The molecule has 4 nitrogen and oxygen atoms in total. The largest absolute Gasteiger partial charge is 0.368 e. The van der Waals surface area contributed by atoms with E-state index in [9.17, 15) is 0 Å². The van der Waals surface area contributed by atoms with Gasteiger partial charge in [-0.05, 0) is 12.5 Å². The molecule has 0 aliphatic rings. The van der Waals surface area contributed by atoms with Crippen LogP contribution in [0.5, 0.6) is 0 Å². The van der Waals surface area contributed by atoms with Crippen molar-refractivity contribution in [2.45, 2.75) is 13.3 Å². The number of fused-ring (bicyclic) bond motifs is 1. The van der Waals surface area contributed by atoms with Crippen LogP contribution < -0.4 is 10.6 Å². The monoisotopic (exact) mass is 222 g/mol. The molecule has 15 heavy (non-hydrogen) atoms. The van der Waals surface area contributed by atoms with Gasteiger partial charge in [0.15, 0.2) is 0 Å². The average molecular weight is 222 g/mol. The summed E-state index contributed by atoms with van der Waals surface area (Å²) in [6.45, 7) is 2.14. The first kappa shape index (κ1) is 10.2. The number of nitrogen functional groups attached to an aromatic ring is 1. The third kappa shape index (κ3) is 1.74. The summed E-state index contributed by atoms with van der Waals surface area (Å²) in [6, 6.07) is 2.15. The highest BCUT2D eigenvalue weighted by atomic mass is 32.1. The molecular weight excluding hydrogens is 208 g/mol. The van der Waals surface area contributed by atoms with E-state index in [0.717, 1.165) is 22.5 Å². The zero-order chi connectivity index (χ0) is 11.0. The smallest absolute Gasteiger partial charge is 0.223 e. The van der Waals surface area contributed by atoms with Gasteiger partial charge in [-0.2, -0.15) is 4.98 Å². The van der Waals surface area contributed by atoms with Crippen molar-refractivity contribution in [1.82, 2.24) is 9.97 Å². The van der Waals surface area contributed by atoms with E-state index in [1.807, 2.05) is 19.0 Å². The van der Waals surface area contributed by atoms with E-state index in [0.29, 0.717) is 5.95 Å². The summed E-state index contributed by atoms with van der Waals surface area (Å²) in [5.74, 6) is 1.24. The van der Waals surface area contributed by atoms with Crippen LogP contribution in [-0.2, 0) is 6.42 Å². The Kier molecular flexibility index (Phi) is 2.48. The molecule has 0 aliphatic carbocycles. The number of thiophene rings is 1. The summed E-state index contributed by atoms with van der Waals surface area (Å²) in [6.07, 6.45) is 1.02. The molecule has 2 rings (SSSR count). The van der Waals surface area contributed by atoms with Crippen molar-refractivity contribution in [3.05, 3.63) is 10.9 Å². The standard InChI is InChI=1S/C10H14N4S/c1-4-6-5-7-8(14(2)3)12-10(11)13-9(7)15-6/h5H,4H2,1-3H3,(H2,11,12,13). The van der Waals surface area contributed by atoms with Gasteiger partial charge in [0, 0.05) is 19.0 Å². The van der Waals surface area contributed by atoms with Crippen molar-refractivity contribution in [2.24, 2.45) is 0 Å². The quantitative estimate of drug-likeness (QED) is 0.843. The summed E-state index contributed by atoms with van der Waals surface area (Å²) in [5.41, 5.74) is 5.67. The first-order chi connectivity index (χ1) is 7.11. The summed E-state index contributed by atoms with van der Waals surface area (Å²) >= 11 is 1.69. The van der Waals surface area contributed by atoms with Gasteiger partial charge >= 0.3 is 0 Å². The van der Waals surface area contributed by atoms with Crippen molar-refractivity contribution in [2.75, 3.05) is 24.7 Å². The van der Waals surface area contributed by atoms with Gasteiger partial charge in [0.1, 0.15) is 10.6 Å². The van der Waals surface area contributed by atoms with Gasteiger partial charge in [0.05, 0.1) is 5.39 Å². The van der Waals surface area contributed by atoms with Gasteiger partial charge in [0.2, 0.25) is 5.95 Å². The first-order valence-electron chi connectivity index (χ1n) is 4.85. The highest BCUT2D eigenvalue weighted by Gasteiger charge is 2.11. The summed E-state index contributed by atoms with van der Waals surface area (Å²) in [5, 5.41) is 1.09. The van der Waals surface area contributed by atoms with Crippen LogP contribution in [0.25, 0.3) is 10.2 Å². The summed E-state index contributed by atoms with van der Waals surface area (Å²) in [4.78, 5) is 12.7. The Labute approximate surface area is 92.8 Å². The maximum atomic E-state index is 5.67. The van der Waals surface area contributed by atoms with Crippen LogP contribution in [-0.4, -0.2) is 24.1 Å². The fourth-order valence-corrected chi connectivity index (χ4v) is 2.46. The minimum atomic E-state index is 0.343. The lowest BCUT2D eigenvalue weighted by atomic mass is 10.3. The predicted molar refractivity (Wildman–Crippen MR) is 65.5 cm³/mol. The van der Waals surface area contributed by atoms with E-state index in [2.05, 4.69) is 23.0 Å². The topological polar surface area (TPSA) is 55.0 Å². The molecule has 2 aromatic rings. The number of rotatable bonds is 2. The normalized spacial score (nSPS) is 10.9. The van der Waals surface area contributed by atoms with E-state index in [1.165, 1.54) is 4.88 Å². The van der Waals surface area contributed by atoms with Crippen molar-refractivity contribution in [1.29, 1.82) is 0 Å². The lowest BCUT2D eigenvalue weighted by Gasteiger charge is -2.12. The minimum absolute atomic E-state index is 0.343. The molecule has 0 aromatic carbocycles. The maximum absolute atomic E-state index is 5.67. The van der Waals surface area contributed by atoms with E-state index in [1.54, 1.807) is 11.3 Å². The van der Waals surface area contributed by atoms with Gasteiger partial charge in [0.25, 0.3) is 0 Å². The van der Waals surface area contributed by atoms with Crippen LogP contribution in [0.2, 0.25) is 0 Å². The molecule has 0 bridgehead atoms. The molecule has 0 radical (unpaired) electrons. The van der Waals surface area contributed by atoms with Crippen molar-refractivity contribution in [3.8, 4) is 0 Å². The number of aryl methyl sites for hydroxylation is 1. The van der Waals surface area contributed by atoms with Crippen LogP contribution in [0, 0.1) is 0 Å². The van der Waals surface area contributed by atoms with Crippen molar-refractivity contribution in [3.63, 3.8) is 0 Å². The molecule has 0 fully saturated rings. The Bertz CT molecular complexity index is 489. The van der Waals surface area contributed by atoms with E-state index < -0.39 is 0 Å². The number of nitrogens with two attached hydrogens (primary N) is 1. The molecule has 5 heteroatoms. The Hall–Kier alpha value is -1.36. The van der Waals surface area contributed by atoms with Crippen molar-refractivity contribution >= 4 is 33.3 Å². The SMILES string of the molecule is CCc1cc2c(N(C)C)nc(N)nc2s1. The summed E-state index contributed by atoms with van der Waals surface area (Å²) < 4.78 is 0. The van der Waals surface area contributed by atoms with Gasteiger partial charge < -0.3 is 10.6 Å². The molecule has 0 amide bonds. The molecular formula is C10H14N4S. The maximum Gasteiger partial charge on any atom is 0.223 e. The number of hydrogen-bond acceptors (Lipinski definition) is 5. The molecule has 0 aliphatic heterocycles. The van der Waals surface area contributed by atoms with Crippen LogP contribution in [0.4, 0.5) is 11.8 Å². The Balaban J connectivity index is 2.72. The Morgan fingerprint density at radius 1 is 1.40 bits per heavy atom. The zero-order valence-corrected chi connectivity index (χ0v) is 9.93. The van der Waals surface area contributed by atoms with Crippen LogP contribution in [0.15, 0.2) is 6.07 Å². The van der Waals surface area contributed by atoms with Gasteiger partial charge in [-0.1, -0.05) is 6.92 Å². The van der Waals surface area contributed by atoms with E-state index in [4.69, 9.17) is 5.73 Å². The van der Waals surface area contributed by atoms with Gasteiger partial charge in [-0.15, -0.1) is 11.3 Å². The fraction of sp³-hybridized carbons (Fsp3) is 0.400. The molecule has 2 aromatic heterocycles. The molecule has 0 saturated carbocycles. The van der Waals surface area contributed by atoms with Crippen LogP contribution in [0.1, 0.15) is 11.8 Å². The predicted octanol–water partition coefficient (Wildman–Crippen LogP) is 1.90. The van der Waals surface area contributed by atoms with E-state index in [-0.39, 0.29) is 0 Å². The third-order valence-electron chi connectivity index (χ3n) is 2.21.